The second-order valence-corrected chi connectivity index (χ2v) is 2.97. The van der Waals surface area contributed by atoms with Gasteiger partial charge in [0.1, 0.15) is 5.82 Å². The van der Waals surface area contributed by atoms with Gasteiger partial charge in [0, 0.05) is 12.7 Å². The molecule has 0 aliphatic rings. The minimum atomic E-state index is -0.583. The minimum Gasteiger partial charge on any atom is -0.469 e. The van der Waals surface area contributed by atoms with E-state index in [0.29, 0.717) is 0 Å². The highest BCUT2D eigenvalue weighted by Crippen LogP contribution is 2.00. The third-order valence-corrected chi connectivity index (χ3v) is 1.81. The molecule has 6 heteroatoms. The molecule has 0 atom stereocenters. The lowest BCUT2D eigenvalue weighted by Crippen LogP contribution is -2.26. The molecule has 0 aliphatic carbocycles. The van der Waals surface area contributed by atoms with Crippen LogP contribution < -0.4 is 5.32 Å². The highest BCUT2D eigenvalue weighted by molar-refractivity contribution is 5.94. The molecule has 5 nitrogen and oxygen atoms in total. The number of ether oxygens (including phenoxy) is 1. The van der Waals surface area contributed by atoms with Gasteiger partial charge in [-0.2, -0.15) is 0 Å². The second kappa shape index (κ2) is 5.79. The van der Waals surface area contributed by atoms with Gasteiger partial charge in [0.25, 0.3) is 5.91 Å². The van der Waals surface area contributed by atoms with Crippen molar-refractivity contribution in [2.45, 2.75) is 6.42 Å². The Bertz CT molecular complexity index is 395. The number of nitrogens with one attached hydrogen (secondary N) is 1. The zero-order chi connectivity index (χ0) is 12.0. The number of nitrogens with zero attached hydrogens (tertiary/aromatic N) is 1. The van der Waals surface area contributed by atoms with Gasteiger partial charge in [-0.1, -0.05) is 0 Å². The van der Waals surface area contributed by atoms with Crippen molar-refractivity contribution in [2.24, 2.45) is 0 Å². The number of halogens is 1. The number of amides is 1. The first-order valence-electron chi connectivity index (χ1n) is 4.59. The number of esters is 1. The highest BCUT2D eigenvalue weighted by atomic mass is 19.1. The van der Waals surface area contributed by atoms with Crippen LogP contribution >= 0.6 is 0 Å². The van der Waals surface area contributed by atoms with E-state index in [0.717, 1.165) is 12.3 Å². The van der Waals surface area contributed by atoms with Crippen LogP contribution in [0.1, 0.15) is 16.8 Å². The number of methoxy groups -OCH3 is 1. The van der Waals surface area contributed by atoms with E-state index in [2.05, 4.69) is 15.0 Å². The summed E-state index contributed by atoms with van der Waals surface area (Å²) in [6, 6.07) is 1.07. The predicted octanol–water partition coefficient (Wildman–Crippen LogP) is 0.514. The van der Waals surface area contributed by atoms with Crippen LogP contribution in [0.4, 0.5) is 4.39 Å². The van der Waals surface area contributed by atoms with Crippen LogP contribution in [0.2, 0.25) is 0 Å². The zero-order valence-corrected chi connectivity index (χ0v) is 8.70. The van der Waals surface area contributed by atoms with Gasteiger partial charge in [-0.15, -0.1) is 0 Å². The first kappa shape index (κ1) is 12.1. The van der Waals surface area contributed by atoms with Crippen molar-refractivity contribution in [3.8, 4) is 0 Å². The number of carbonyl (C=O) groups excluding carboxylic acids is 2. The van der Waals surface area contributed by atoms with Crippen LogP contribution in [0.25, 0.3) is 0 Å². The van der Waals surface area contributed by atoms with E-state index in [-0.39, 0.29) is 18.5 Å². The van der Waals surface area contributed by atoms with Crippen LogP contribution in [-0.4, -0.2) is 30.5 Å². The third kappa shape index (κ3) is 3.64. The summed E-state index contributed by atoms with van der Waals surface area (Å²) in [6.07, 6.45) is 2.33. The molecule has 0 saturated carbocycles. The quantitative estimate of drug-likeness (QED) is 0.760. The van der Waals surface area contributed by atoms with Gasteiger partial charge in [0.15, 0.2) is 0 Å². The van der Waals surface area contributed by atoms with E-state index in [4.69, 9.17) is 0 Å². The monoisotopic (exact) mass is 226 g/mol. The Morgan fingerprint density at radius 1 is 1.50 bits per heavy atom. The molecule has 1 N–H and O–H groups in total. The van der Waals surface area contributed by atoms with Crippen molar-refractivity contribution in [1.82, 2.24) is 10.3 Å². The predicted molar refractivity (Wildman–Crippen MR) is 53.2 cm³/mol. The van der Waals surface area contributed by atoms with Crippen molar-refractivity contribution in [3.63, 3.8) is 0 Å². The maximum atomic E-state index is 12.7. The lowest BCUT2D eigenvalue weighted by atomic mass is 10.2. The van der Waals surface area contributed by atoms with E-state index >= 15 is 0 Å². The van der Waals surface area contributed by atoms with Crippen LogP contribution in [-0.2, 0) is 9.53 Å². The Hall–Kier alpha value is -1.98. The molecular formula is C10H11FN2O3. The topological polar surface area (TPSA) is 68.3 Å². The fourth-order valence-corrected chi connectivity index (χ4v) is 1.02. The molecule has 0 radical (unpaired) electrons. The number of hydrogen-bond donors (Lipinski definition) is 1. The normalized spacial score (nSPS) is 9.62. The lowest BCUT2D eigenvalue weighted by molar-refractivity contribution is -0.140. The summed E-state index contributed by atoms with van der Waals surface area (Å²) in [6.45, 7) is 0.141. The number of rotatable bonds is 4. The summed E-state index contributed by atoms with van der Waals surface area (Å²) in [5.41, 5.74) is 0.116. The molecule has 1 aromatic heterocycles. The molecule has 0 spiro atoms. The third-order valence-electron chi connectivity index (χ3n) is 1.81. The van der Waals surface area contributed by atoms with Crippen LogP contribution in [0, 0.1) is 5.82 Å². The first-order chi connectivity index (χ1) is 7.63. The SMILES string of the molecule is COC(=O)CCNC(=O)c1cncc(F)c1. The summed E-state index contributed by atoms with van der Waals surface area (Å²) < 4.78 is 17.1. The lowest BCUT2D eigenvalue weighted by Gasteiger charge is -2.03. The molecule has 0 aliphatic heterocycles. The van der Waals surface area contributed by atoms with E-state index < -0.39 is 17.7 Å². The van der Waals surface area contributed by atoms with E-state index in [1.165, 1.54) is 13.3 Å². The average Bonchev–Trinajstić information content (AvgIpc) is 2.28. The average molecular weight is 226 g/mol. The number of carbonyl (C=O) groups is 2. The van der Waals surface area contributed by atoms with Gasteiger partial charge in [-0.05, 0) is 6.07 Å². The summed E-state index contributed by atoms with van der Waals surface area (Å²) in [5.74, 6) is -1.48. The molecule has 0 bridgehead atoms. The minimum absolute atomic E-state index is 0.0744. The molecule has 0 unspecified atom stereocenters. The van der Waals surface area contributed by atoms with Crippen LogP contribution in [0.5, 0.6) is 0 Å². The van der Waals surface area contributed by atoms with Crippen molar-refractivity contribution >= 4 is 11.9 Å². The van der Waals surface area contributed by atoms with Gasteiger partial charge in [-0.3, -0.25) is 14.6 Å². The fraction of sp³-hybridized carbons (Fsp3) is 0.300. The summed E-state index contributed by atoms with van der Waals surface area (Å²) in [4.78, 5) is 25.7. The number of pyridine rings is 1. The van der Waals surface area contributed by atoms with Crippen LogP contribution in [0.3, 0.4) is 0 Å². The van der Waals surface area contributed by atoms with Gasteiger partial charge < -0.3 is 10.1 Å². The standard InChI is InChI=1S/C10H11FN2O3/c1-16-9(14)2-3-13-10(15)7-4-8(11)6-12-5-7/h4-6H,2-3H2,1H3,(H,13,15). The van der Waals surface area contributed by atoms with Gasteiger partial charge in [-0.25, -0.2) is 4.39 Å². The summed E-state index contributed by atoms with van der Waals surface area (Å²) in [7, 11) is 1.26. The molecule has 1 heterocycles. The Morgan fingerprint density at radius 2 is 2.25 bits per heavy atom. The van der Waals surface area contributed by atoms with Gasteiger partial charge >= 0.3 is 5.97 Å². The van der Waals surface area contributed by atoms with Crippen molar-refractivity contribution in [1.29, 1.82) is 0 Å². The Labute approximate surface area is 91.6 Å². The largest absolute Gasteiger partial charge is 0.469 e. The molecular weight excluding hydrogens is 215 g/mol. The number of hydrogen-bond acceptors (Lipinski definition) is 4. The molecule has 86 valence electrons. The van der Waals surface area contributed by atoms with Crippen molar-refractivity contribution in [3.05, 3.63) is 29.8 Å². The van der Waals surface area contributed by atoms with Crippen LogP contribution in [0.15, 0.2) is 18.5 Å². The van der Waals surface area contributed by atoms with E-state index in [1.807, 2.05) is 0 Å². The molecule has 1 rings (SSSR count). The van der Waals surface area contributed by atoms with E-state index in [9.17, 15) is 14.0 Å². The fourth-order valence-electron chi connectivity index (χ4n) is 1.02. The van der Waals surface area contributed by atoms with Gasteiger partial charge in [0.05, 0.1) is 25.3 Å². The molecule has 16 heavy (non-hydrogen) atoms. The van der Waals surface area contributed by atoms with Crippen molar-refractivity contribution in [2.75, 3.05) is 13.7 Å². The highest BCUT2D eigenvalue weighted by Gasteiger charge is 2.07. The Morgan fingerprint density at radius 3 is 2.88 bits per heavy atom. The molecule has 1 amide bonds. The Balaban J connectivity index is 2.44. The smallest absolute Gasteiger partial charge is 0.307 e. The molecule has 1 aromatic rings. The van der Waals surface area contributed by atoms with Gasteiger partial charge in [0.2, 0.25) is 0 Å². The van der Waals surface area contributed by atoms with Crippen molar-refractivity contribution < 1.29 is 18.7 Å². The number of aromatic nitrogens is 1. The molecule has 0 fully saturated rings. The molecule has 0 aromatic carbocycles. The Kier molecular flexibility index (Phi) is 4.38. The second-order valence-electron chi connectivity index (χ2n) is 2.97. The summed E-state index contributed by atoms with van der Waals surface area (Å²) in [5, 5.41) is 2.44. The first-order valence-corrected chi connectivity index (χ1v) is 4.59. The zero-order valence-electron chi connectivity index (χ0n) is 8.70. The van der Waals surface area contributed by atoms with E-state index in [1.54, 1.807) is 0 Å². The maximum absolute atomic E-state index is 12.7. The summed E-state index contributed by atoms with van der Waals surface area (Å²) >= 11 is 0. The molecule has 0 saturated heterocycles. The maximum Gasteiger partial charge on any atom is 0.307 e.